The number of anilines is 1. The normalized spacial score (nSPS) is 18.6. The molecular weight excluding hydrogens is 492 g/mol. The minimum Gasteiger partial charge on any atom is -0.494 e. The second kappa shape index (κ2) is 10.4. The van der Waals surface area contributed by atoms with Gasteiger partial charge < -0.3 is 25.0 Å². The number of carbonyl (C=O) groups excluding carboxylic acids is 1. The Bertz CT molecular complexity index is 1370. The molecule has 2 N–H and O–H groups in total. The highest BCUT2D eigenvalue weighted by molar-refractivity contribution is 6.14. The fourth-order valence-electron chi connectivity index (χ4n) is 4.99. The van der Waals surface area contributed by atoms with E-state index in [9.17, 15) is 13.6 Å². The number of amidine groups is 1. The Morgan fingerprint density at radius 2 is 1.66 bits per heavy atom. The first kappa shape index (κ1) is 25.6. The summed E-state index contributed by atoms with van der Waals surface area (Å²) in [5.41, 5.74) is 2.57. The van der Waals surface area contributed by atoms with E-state index in [1.807, 2.05) is 12.1 Å². The van der Waals surface area contributed by atoms with Crippen LogP contribution < -0.4 is 25.0 Å². The Hall–Kier alpha value is -4.05. The number of nitrogens with zero attached hydrogens (tertiary/aromatic N) is 3. The molecule has 8 nitrogen and oxygen atoms in total. The Kier molecular flexibility index (Phi) is 6.98. The van der Waals surface area contributed by atoms with Gasteiger partial charge in [0.05, 0.1) is 32.0 Å². The fraction of sp³-hybridized carbons (Fsp3) is 0.321. The number of aromatic nitrogens is 1. The summed E-state index contributed by atoms with van der Waals surface area (Å²) in [7, 11) is 2.58. The van der Waals surface area contributed by atoms with Gasteiger partial charge >= 0.3 is 0 Å². The molecule has 0 saturated carbocycles. The number of benzene rings is 2. The van der Waals surface area contributed by atoms with E-state index in [1.165, 1.54) is 20.4 Å². The summed E-state index contributed by atoms with van der Waals surface area (Å²) in [6.45, 7) is 6.35. The highest BCUT2D eigenvalue weighted by atomic mass is 19.1. The van der Waals surface area contributed by atoms with Gasteiger partial charge in [-0.05, 0) is 49.7 Å². The van der Waals surface area contributed by atoms with E-state index in [4.69, 9.17) is 9.47 Å². The van der Waals surface area contributed by atoms with Crippen molar-refractivity contribution in [2.24, 2.45) is 4.99 Å². The zero-order valence-electron chi connectivity index (χ0n) is 21.6. The summed E-state index contributed by atoms with van der Waals surface area (Å²) in [5.74, 6) is -2.00. The van der Waals surface area contributed by atoms with Crippen molar-refractivity contribution in [1.82, 2.24) is 15.6 Å². The molecule has 3 heterocycles. The van der Waals surface area contributed by atoms with Gasteiger partial charge in [-0.15, -0.1) is 0 Å². The van der Waals surface area contributed by atoms with Crippen LogP contribution in [0.15, 0.2) is 47.6 Å². The number of amides is 1. The van der Waals surface area contributed by atoms with Crippen molar-refractivity contribution in [2.45, 2.75) is 32.5 Å². The quantitative estimate of drug-likeness (QED) is 0.529. The lowest BCUT2D eigenvalue weighted by atomic mass is 10.0. The Balaban J connectivity index is 1.33. The maximum absolute atomic E-state index is 15.0. The summed E-state index contributed by atoms with van der Waals surface area (Å²) < 4.78 is 40.0. The number of halogens is 2. The van der Waals surface area contributed by atoms with Gasteiger partial charge in [0.1, 0.15) is 5.84 Å². The molecule has 0 aliphatic carbocycles. The van der Waals surface area contributed by atoms with Crippen LogP contribution in [0.2, 0.25) is 0 Å². The molecule has 1 saturated heterocycles. The van der Waals surface area contributed by atoms with Gasteiger partial charge in [0.15, 0.2) is 23.1 Å². The molecule has 1 aromatic heterocycles. The molecule has 3 aromatic rings. The Morgan fingerprint density at radius 3 is 2.26 bits per heavy atom. The molecule has 2 atom stereocenters. The number of hydrogen-bond donors (Lipinski definition) is 2. The zero-order valence-corrected chi connectivity index (χ0v) is 21.6. The van der Waals surface area contributed by atoms with E-state index in [2.05, 4.69) is 39.4 Å². The molecule has 10 heteroatoms. The van der Waals surface area contributed by atoms with Crippen LogP contribution in [0.4, 0.5) is 14.5 Å². The highest BCUT2D eigenvalue weighted by Gasteiger charge is 2.26. The number of aliphatic imine (C=N–C) groups is 1. The van der Waals surface area contributed by atoms with Crippen molar-refractivity contribution >= 4 is 17.4 Å². The summed E-state index contributed by atoms with van der Waals surface area (Å²) in [6, 6.07) is 11.0. The third-order valence-corrected chi connectivity index (χ3v) is 6.77. The molecule has 0 spiro atoms. The van der Waals surface area contributed by atoms with E-state index < -0.39 is 11.6 Å². The highest BCUT2D eigenvalue weighted by Crippen LogP contribution is 2.37. The smallest absolute Gasteiger partial charge is 0.256 e. The number of fused-ring (bicyclic) bond motifs is 1. The van der Waals surface area contributed by atoms with Gasteiger partial charge in [0.25, 0.3) is 5.91 Å². The van der Waals surface area contributed by atoms with E-state index in [0.29, 0.717) is 34.6 Å². The predicted octanol–water partition coefficient (Wildman–Crippen LogP) is 3.92. The lowest BCUT2D eigenvalue weighted by Crippen LogP contribution is -2.54. The van der Waals surface area contributed by atoms with E-state index in [1.54, 1.807) is 18.2 Å². The van der Waals surface area contributed by atoms with Crippen molar-refractivity contribution in [3.05, 3.63) is 70.9 Å². The lowest BCUT2D eigenvalue weighted by molar-refractivity contribution is 0.0977. The van der Waals surface area contributed by atoms with Crippen LogP contribution in [-0.2, 0) is 6.54 Å². The molecular formula is C28H29F2N5O3. The van der Waals surface area contributed by atoms with Crippen LogP contribution in [0, 0.1) is 11.6 Å². The monoisotopic (exact) mass is 521 g/mol. The van der Waals surface area contributed by atoms with Crippen molar-refractivity contribution in [2.75, 3.05) is 32.2 Å². The summed E-state index contributed by atoms with van der Waals surface area (Å²) in [6.07, 6.45) is 1.46. The SMILES string of the molecule is COc1cc(OC)c(F)c(-c2cc3c(cn2)C(NC(=O)c2ccc(N4C[C@@H](C)N[C@@H](C)C4)cc2)=NC3)c1F. The van der Waals surface area contributed by atoms with Crippen molar-refractivity contribution in [3.8, 4) is 22.8 Å². The van der Waals surface area contributed by atoms with Crippen LogP contribution in [0.5, 0.6) is 11.5 Å². The van der Waals surface area contributed by atoms with Crippen molar-refractivity contribution < 1.29 is 23.0 Å². The van der Waals surface area contributed by atoms with Crippen LogP contribution in [0.3, 0.4) is 0 Å². The van der Waals surface area contributed by atoms with Crippen LogP contribution in [0.25, 0.3) is 11.3 Å². The first-order valence-corrected chi connectivity index (χ1v) is 12.4. The number of carbonyl (C=O) groups is 1. The maximum atomic E-state index is 15.0. The topological polar surface area (TPSA) is 88.1 Å². The molecule has 198 valence electrons. The largest absolute Gasteiger partial charge is 0.494 e. The molecule has 2 aromatic carbocycles. The number of pyridine rings is 1. The second-order valence-electron chi connectivity index (χ2n) is 9.55. The van der Waals surface area contributed by atoms with Crippen LogP contribution in [-0.4, -0.2) is 56.1 Å². The average molecular weight is 522 g/mol. The number of nitrogens with one attached hydrogen (secondary N) is 2. The Morgan fingerprint density at radius 1 is 1.03 bits per heavy atom. The number of hydrogen-bond acceptors (Lipinski definition) is 7. The minimum absolute atomic E-state index is 0.0749. The minimum atomic E-state index is -0.876. The fourth-order valence-corrected chi connectivity index (χ4v) is 4.99. The molecule has 0 bridgehead atoms. The number of rotatable bonds is 5. The number of piperazine rings is 1. The molecule has 0 radical (unpaired) electrons. The van der Waals surface area contributed by atoms with Gasteiger partial charge in [-0.2, -0.15) is 0 Å². The van der Waals surface area contributed by atoms with Crippen LogP contribution in [0.1, 0.15) is 35.3 Å². The van der Waals surface area contributed by atoms with Gasteiger partial charge in [-0.25, -0.2) is 8.78 Å². The molecule has 1 amide bonds. The van der Waals surface area contributed by atoms with Crippen LogP contribution >= 0.6 is 0 Å². The van der Waals surface area contributed by atoms with Gasteiger partial charge in [-0.3, -0.25) is 14.8 Å². The summed E-state index contributed by atoms with van der Waals surface area (Å²) >= 11 is 0. The average Bonchev–Trinajstić information content (AvgIpc) is 3.30. The van der Waals surface area contributed by atoms with Crippen molar-refractivity contribution in [3.63, 3.8) is 0 Å². The second-order valence-corrected chi connectivity index (χ2v) is 9.55. The number of methoxy groups -OCH3 is 2. The summed E-state index contributed by atoms with van der Waals surface area (Å²) in [4.78, 5) is 23.9. The molecule has 38 heavy (non-hydrogen) atoms. The molecule has 5 rings (SSSR count). The maximum Gasteiger partial charge on any atom is 0.256 e. The van der Waals surface area contributed by atoms with Gasteiger partial charge in [0, 0.05) is 54.3 Å². The summed E-state index contributed by atoms with van der Waals surface area (Å²) in [5, 5.41) is 6.36. The Labute approximate surface area is 219 Å². The lowest BCUT2D eigenvalue weighted by Gasteiger charge is -2.37. The first-order chi connectivity index (χ1) is 18.3. The van der Waals surface area contributed by atoms with E-state index in [0.717, 1.165) is 24.8 Å². The third kappa shape index (κ3) is 4.79. The standard InChI is InChI=1S/C28H29F2N5O3/c1-15-13-35(14-16(2)33-15)19-7-5-17(6-8-19)28(36)34-27-20-12-31-21(9-18(20)11-32-27)24-25(29)22(37-3)10-23(38-4)26(24)30/h5-10,12,15-16,33H,11,13-14H2,1-4H3,(H,32,34,36)/t15-,16+. The van der Waals surface area contributed by atoms with Gasteiger partial charge in [-0.1, -0.05) is 0 Å². The van der Waals surface area contributed by atoms with Crippen molar-refractivity contribution in [1.29, 1.82) is 0 Å². The molecule has 1 fully saturated rings. The molecule has 2 aliphatic heterocycles. The first-order valence-electron chi connectivity index (χ1n) is 12.4. The number of ether oxygens (including phenoxy) is 2. The van der Waals surface area contributed by atoms with Gasteiger partial charge in [0.2, 0.25) is 0 Å². The predicted molar refractivity (Wildman–Crippen MR) is 141 cm³/mol. The van der Waals surface area contributed by atoms with E-state index in [-0.39, 0.29) is 35.2 Å². The third-order valence-electron chi connectivity index (χ3n) is 6.77. The molecule has 2 aliphatic rings. The molecule has 0 unspecified atom stereocenters. The van der Waals surface area contributed by atoms with E-state index >= 15 is 0 Å². The zero-order chi connectivity index (χ0) is 27.0.